The summed E-state index contributed by atoms with van der Waals surface area (Å²) in [5.74, 6) is -0.0256. The number of benzene rings is 3. The van der Waals surface area contributed by atoms with Crippen molar-refractivity contribution in [2.45, 2.75) is 13.3 Å². The zero-order valence-electron chi connectivity index (χ0n) is 20.1. The molecule has 6 nitrogen and oxygen atoms in total. The first kappa shape index (κ1) is 23.8. The molecular weight excluding hydrogens is 472 g/mol. The van der Waals surface area contributed by atoms with Crippen LogP contribution in [0.1, 0.15) is 23.7 Å². The number of rotatable bonds is 5. The van der Waals surface area contributed by atoms with Crippen molar-refractivity contribution in [2.24, 2.45) is 0 Å². The zero-order valence-corrected chi connectivity index (χ0v) is 20.8. The quantitative estimate of drug-likeness (QED) is 0.374. The number of piperazine rings is 1. The maximum Gasteiger partial charge on any atom is 0.254 e. The normalized spacial score (nSPS) is 13.6. The third kappa shape index (κ3) is 5.04. The van der Waals surface area contributed by atoms with Gasteiger partial charge >= 0.3 is 0 Å². The van der Waals surface area contributed by atoms with Crippen LogP contribution in [0.15, 0.2) is 78.9 Å². The Bertz CT molecular complexity index is 1410. The van der Waals surface area contributed by atoms with Crippen molar-refractivity contribution in [3.05, 3.63) is 89.4 Å². The highest BCUT2D eigenvalue weighted by atomic mass is 35.5. The largest absolute Gasteiger partial charge is 0.368 e. The van der Waals surface area contributed by atoms with E-state index < -0.39 is 0 Å². The number of halogens is 1. The summed E-state index contributed by atoms with van der Waals surface area (Å²) in [5, 5.41) is 4.41. The summed E-state index contributed by atoms with van der Waals surface area (Å²) in [6, 6.07) is 25.0. The smallest absolute Gasteiger partial charge is 0.254 e. The second-order valence-electron chi connectivity index (χ2n) is 8.81. The van der Waals surface area contributed by atoms with E-state index in [9.17, 15) is 9.59 Å². The number of amides is 2. The van der Waals surface area contributed by atoms with E-state index in [2.05, 4.69) is 10.2 Å². The molecule has 0 aliphatic carbocycles. The lowest BCUT2D eigenvalue weighted by Crippen LogP contribution is -2.48. The average molecular weight is 499 g/mol. The van der Waals surface area contributed by atoms with E-state index in [-0.39, 0.29) is 11.8 Å². The van der Waals surface area contributed by atoms with Crippen LogP contribution in [-0.2, 0) is 4.79 Å². The number of nitrogens with zero attached hydrogens (tertiary/aromatic N) is 3. The minimum absolute atomic E-state index is 0.00687. The molecule has 7 heteroatoms. The summed E-state index contributed by atoms with van der Waals surface area (Å²) in [4.78, 5) is 34.4. The van der Waals surface area contributed by atoms with Crippen LogP contribution in [0.3, 0.4) is 0 Å². The third-order valence-corrected chi connectivity index (χ3v) is 6.71. The number of anilines is 2. The van der Waals surface area contributed by atoms with Gasteiger partial charge in [-0.3, -0.25) is 9.59 Å². The first-order chi connectivity index (χ1) is 17.5. The highest BCUT2D eigenvalue weighted by Gasteiger charge is 2.24. The number of carbonyl (C=O) groups is 2. The Morgan fingerprint density at radius 3 is 2.39 bits per heavy atom. The van der Waals surface area contributed by atoms with Crippen LogP contribution >= 0.6 is 11.6 Å². The molecule has 1 fully saturated rings. The topological polar surface area (TPSA) is 65.5 Å². The van der Waals surface area contributed by atoms with Gasteiger partial charge in [0.15, 0.2) is 0 Å². The molecule has 2 heterocycles. The van der Waals surface area contributed by atoms with Crippen molar-refractivity contribution in [1.29, 1.82) is 0 Å². The van der Waals surface area contributed by atoms with Crippen LogP contribution in [0, 0.1) is 0 Å². The van der Waals surface area contributed by atoms with Gasteiger partial charge in [-0.25, -0.2) is 4.98 Å². The molecule has 2 amide bonds. The Kier molecular flexibility index (Phi) is 6.87. The Balaban J connectivity index is 1.40. The number of nitrogens with one attached hydrogen (secondary N) is 1. The number of pyridine rings is 1. The monoisotopic (exact) mass is 498 g/mol. The first-order valence-corrected chi connectivity index (χ1v) is 12.5. The Morgan fingerprint density at radius 1 is 0.917 bits per heavy atom. The van der Waals surface area contributed by atoms with Gasteiger partial charge in [0.05, 0.1) is 16.8 Å². The Morgan fingerprint density at radius 2 is 1.67 bits per heavy atom. The Labute approximate surface area is 215 Å². The van der Waals surface area contributed by atoms with E-state index >= 15 is 0 Å². The second kappa shape index (κ2) is 10.4. The predicted octanol–water partition coefficient (Wildman–Crippen LogP) is 5.87. The van der Waals surface area contributed by atoms with Crippen LogP contribution < -0.4 is 10.2 Å². The fraction of sp³-hybridized carbons (Fsp3) is 0.207. The molecule has 0 atom stereocenters. The molecule has 1 aromatic heterocycles. The fourth-order valence-corrected chi connectivity index (χ4v) is 4.67. The molecule has 0 saturated carbocycles. The van der Waals surface area contributed by atoms with Crippen LogP contribution in [0.2, 0.25) is 5.02 Å². The number of hydrogen-bond donors (Lipinski definition) is 1. The molecule has 1 aliphatic rings. The highest BCUT2D eigenvalue weighted by molar-refractivity contribution is 6.30. The minimum atomic E-state index is -0.0325. The van der Waals surface area contributed by atoms with Gasteiger partial charge in [-0.1, -0.05) is 54.9 Å². The van der Waals surface area contributed by atoms with E-state index in [1.807, 2.05) is 90.7 Å². The number of para-hydroxylation sites is 1. The lowest BCUT2D eigenvalue weighted by Gasteiger charge is -2.36. The van der Waals surface area contributed by atoms with Crippen molar-refractivity contribution in [3.8, 4) is 11.3 Å². The van der Waals surface area contributed by atoms with Crippen molar-refractivity contribution >= 4 is 45.7 Å². The highest BCUT2D eigenvalue weighted by Crippen LogP contribution is 2.28. The molecule has 1 N–H and O–H groups in total. The van der Waals surface area contributed by atoms with Gasteiger partial charge in [-0.2, -0.15) is 0 Å². The van der Waals surface area contributed by atoms with Crippen molar-refractivity contribution in [1.82, 2.24) is 9.88 Å². The molecule has 182 valence electrons. The summed E-state index contributed by atoms with van der Waals surface area (Å²) in [6.45, 7) is 4.56. The van der Waals surface area contributed by atoms with Gasteiger partial charge in [-0.05, 0) is 42.5 Å². The van der Waals surface area contributed by atoms with Crippen LogP contribution in [0.4, 0.5) is 11.4 Å². The van der Waals surface area contributed by atoms with E-state index in [4.69, 9.17) is 16.6 Å². The Hall–Kier alpha value is -3.90. The van der Waals surface area contributed by atoms with Gasteiger partial charge in [-0.15, -0.1) is 0 Å². The van der Waals surface area contributed by atoms with E-state index in [1.165, 1.54) is 0 Å². The number of fused-ring (bicyclic) bond motifs is 1. The van der Waals surface area contributed by atoms with Crippen LogP contribution in [-0.4, -0.2) is 47.9 Å². The third-order valence-electron chi connectivity index (χ3n) is 6.47. The predicted molar refractivity (Wildman–Crippen MR) is 146 cm³/mol. The minimum Gasteiger partial charge on any atom is -0.368 e. The molecule has 36 heavy (non-hydrogen) atoms. The van der Waals surface area contributed by atoms with Crippen LogP contribution in [0.5, 0.6) is 0 Å². The molecule has 1 aliphatic heterocycles. The number of hydrogen-bond acceptors (Lipinski definition) is 4. The van der Waals surface area contributed by atoms with Gasteiger partial charge in [0, 0.05) is 59.9 Å². The average Bonchev–Trinajstić information content (AvgIpc) is 2.92. The molecule has 4 aromatic rings. The lowest BCUT2D eigenvalue weighted by atomic mass is 10.0. The molecule has 3 aromatic carbocycles. The molecule has 0 unspecified atom stereocenters. The van der Waals surface area contributed by atoms with Gasteiger partial charge in [0.2, 0.25) is 5.91 Å². The molecule has 0 bridgehead atoms. The van der Waals surface area contributed by atoms with Crippen LogP contribution in [0.25, 0.3) is 22.2 Å². The number of carbonyl (C=O) groups excluding carboxylic acids is 2. The summed E-state index contributed by atoms with van der Waals surface area (Å²) >= 11 is 6.17. The number of aromatic nitrogens is 1. The molecule has 0 radical (unpaired) electrons. The van der Waals surface area contributed by atoms with Crippen molar-refractivity contribution in [3.63, 3.8) is 0 Å². The van der Waals surface area contributed by atoms with Crippen molar-refractivity contribution < 1.29 is 9.59 Å². The standard InChI is InChI=1S/C29H27ClN4O2/c1-2-28(35)31-22-12-10-20(11-13-22)27-19-25(24-8-3-4-9-26(24)32-27)29(36)34-16-14-33(15-17-34)23-7-5-6-21(30)18-23/h3-13,18-19H,2,14-17H2,1H3,(H,31,35). The van der Waals surface area contributed by atoms with Gasteiger partial charge in [0.25, 0.3) is 5.91 Å². The van der Waals surface area contributed by atoms with Gasteiger partial charge < -0.3 is 15.1 Å². The molecular formula is C29H27ClN4O2. The molecule has 0 spiro atoms. The fourth-order valence-electron chi connectivity index (χ4n) is 4.48. The SMILES string of the molecule is CCC(=O)Nc1ccc(-c2cc(C(=O)N3CCN(c4cccc(Cl)c4)CC3)c3ccccc3n2)cc1. The van der Waals surface area contributed by atoms with E-state index in [0.717, 1.165) is 46.6 Å². The van der Waals surface area contributed by atoms with E-state index in [0.29, 0.717) is 30.1 Å². The lowest BCUT2D eigenvalue weighted by molar-refractivity contribution is -0.115. The summed E-state index contributed by atoms with van der Waals surface area (Å²) in [6.07, 6.45) is 0.423. The zero-order chi connectivity index (χ0) is 25.1. The second-order valence-corrected chi connectivity index (χ2v) is 9.25. The molecule has 1 saturated heterocycles. The van der Waals surface area contributed by atoms with E-state index in [1.54, 1.807) is 0 Å². The maximum absolute atomic E-state index is 13.7. The summed E-state index contributed by atoms with van der Waals surface area (Å²) < 4.78 is 0. The summed E-state index contributed by atoms with van der Waals surface area (Å²) in [7, 11) is 0. The van der Waals surface area contributed by atoms with Gasteiger partial charge in [0.1, 0.15) is 0 Å². The molecule has 5 rings (SSSR count). The van der Waals surface area contributed by atoms with Crippen molar-refractivity contribution in [2.75, 3.05) is 36.4 Å². The first-order valence-electron chi connectivity index (χ1n) is 12.1. The summed E-state index contributed by atoms with van der Waals surface area (Å²) in [5.41, 5.74) is 4.84. The maximum atomic E-state index is 13.7.